The van der Waals surface area contributed by atoms with Crippen LogP contribution in [0.2, 0.25) is 0 Å². The van der Waals surface area contributed by atoms with Crippen LogP contribution in [-0.4, -0.2) is 34.0 Å². The SMILES string of the molecule is CC(C)Nc1ncc(CN2CCC[C@H](CCc3ccc(F)cc3F)C2)cn1. The van der Waals surface area contributed by atoms with Crippen LogP contribution in [0, 0.1) is 17.6 Å². The normalized spacial score (nSPS) is 18.0. The standard InChI is InChI=1S/C21H28F2N4/c1-15(2)26-21-24-11-17(12-25-21)14-27-9-3-4-16(13-27)5-6-18-7-8-19(22)10-20(18)23/h7-8,10-12,15-16H,3-6,9,13-14H2,1-2H3,(H,24,25,26)/t16-/m1/s1. The zero-order chi connectivity index (χ0) is 19.2. The zero-order valence-corrected chi connectivity index (χ0v) is 16.1. The van der Waals surface area contributed by atoms with Gasteiger partial charge >= 0.3 is 0 Å². The molecule has 1 aliphatic rings. The molecule has 146 valence electrons. The molecule has 1 aromatic carbocycles. The average molecular weight is 374 g/mol. The molecule has 0 radical (unpaired) electrons. The van der Waals surface area contributed by atoms with Crippen molar-refractivity contribution in [2.45, 2.75) is 52.1 Å². The Morgan fingerprint density at radius 2 is 2.00 bits per heavy atom. The van der Waals surface area contributed by atoms with Crippen LogP contribution in [0.1, 0.15) is 44.2 Å². The first-order valence-electron chi connectivity index (χ1n) is 9.73. The highest BCUT2D eigenvalue weighted by Crippen LogP contribution is 2.23. The Kier molecular flexibility index (Phi) is 6.72. The Morgan fingerprint density at radius 3 is 2.70 bits per heavy atom. The Balaban J connectivity index is 1.50. The van der Waals surface area contributed by atoms with E-state index in [1.807, 2.05) is 12.4 Å². The molecule has 3 rings (SSSR count). The van der Waals surface area contributed by atoms with Gasteiger partial charge < -0.3 is 5.32 Å². The Labute approximate surface area is 160 Å². The topological polar surface area (TPSA) is 41.1 Å². The maximum Gasteiger partial charge on any atom is 0.222 e. The summed E-state index contributed by atoms with van der Waals surface area (Å²) in [4.78, 5) is 11.2. The number of rotatable bonds is 7. The van der Waals surface area contributed by atoms with Crippen molar-refractivity contribution in [3.63, 3.8) is 0 Å². The summed E-state index contributed by atoms with van der Waals surface area (Å²) in [5.41, 5.74) is 1.71. The lowest BCUT2D eigenvalue weighted by molar-refractivity contribution is 0.161. The molecule has 0 saturated carbocycles. The minimum Gasteiger partial charge on any atom is -0.352 e. The number of piperidine rings is 1. The van der Waals surface area contributed by atoms with Gasteiger partial charge in [0.2, 0.25) is 5.95 Å². The van der Waals surface area contributed by atoms with Crippen LogP contribution in [0.4, 0.5) is 14.7 Å². The second-order valence-corrected chi connectivity index (χ2v) is 7.73. The molecule has 0 bridgehead atoms. The summed E-state index contributed by atoms with van der Waals surface area (Å²) < 4.78 is 26.8. The van der Waals surface area contributed by atoms with Gasteiger partial charge in [0.15, 0.2) is 0 Å². The van der Waals surface area contributed by atoms with Crippen LogP contribution >= 0.6 is 0 Å². The van der Waals surface area contributed by atoms with Gasteiger partial charge in [0, 0.05) is 43.2 Å². The van der Waals surface area contributed by atoms with Crippen molar-refractivity contribution in [3.05, 3.63) is 53.4 Å². The van der Waals surface area contributed by atoms with E-state index < -0.39 is 11.6 Å². The van der Waals surface area contributed by atoms with Crippen molar-refractivity contribution >= 4 is 5.95 Å². The molecule has 0 spiro atoms. The quantitative estimate of drug-likeness (QED) is 0.779. The minimum atomic E-state index is -0.517. The number of hydrogen-bond donors (Lipinski definition) is 1. The molecule has 1 aromatic heterocycles. The van der Waals surface area contributed by atoms with E-state index in [2.05, 4.69) is 34.0 Å². The lowest BCUT2D eigenvalue weighted by atomic mass is 9.91. The number of nitrogens with one attached hydrogen (secondary N) is 1. The van der Waals surface area contributed by atoms with E-state index in [9.17, 15) is 8.78 Å². The third kappa shape index (κ3) is 5.96. The van der Waals surface area contributed by atoms with Crippen molar-refractivity contribution in [2.24, 2.45) is 5.92 Å². The number of anilines is 1. The first-order chi connectivity index (χ1) is 13.0. The molecule has 1 fully saturated rings. The minimum absolute atomic E-state index is 0.310. The van der Waals surface area contributed by atoms with E-state index in [-0.39, 0.29) is 0 Å². The largest absolute Gasteiger partial charge is 0.352 e. The summed E-state index contributed by atoms with van der Waals surface area (Å²) in [6.07, 6.45) is 7.65. The number of benzene rings is 1. The number of nitrogens with zero attached hydrogens (tertiary/aromatic N) is 3. The van der Waals surface area contributed by atoms with Crippen molar-refractivity contribution in [1.29, 1.82) is 0 Å². The van der Waals surface area contributed by atoms with E-state index in [1.54, 1.807) is 6.07 Å². The van der Waals surface area contributed by atoms with E-state index in [0.29, 0.717) is 29.9 Å². The Morgan fingerprint density at radius 1 is 1.22 bits per heavy atom. The second-order valence-electron chi connectivity index (χ2n) is 7.73. The van der Waals surface area contributed by atoms with E-state index in [4.69, 9.17) is 0 Å². The summed E-state index contributed by atoms with van der Waals surface area (Å²) in [6, 6.07) is 4.18. The molecular weight excluding hydrogens is 346 g/mol. The Hall–Kier alpha value is -2.08. The van der Waals surface area contributed by atoms with Gasteiger partial charge in [-0.1, -0.05) is 6.07 Å². The first-order valence-corrected chi connectivity index (χ1v) is 9.73. The maximum absolute atomic E-state index is 13.8. The van der Waals surface area contributed by atoms with Gasteiger partial charge in [-0.2, -0.15) is 0 Å². The number of hydrogen-bond acceptors (Lipinski definition) is 4. The summed E-state index contributed by atoms with van der Waals surface area (Å²) in [5, 5.41) is 3.19. The average Bonchev–Trinajstić information content (AvgIpc) is 2.63. The van der Waals surface area contributed by atoms with Crippen LogP contribution in [-0.2, 0) is 13.0 Å². The molecule has 27 heavy (non-hydrogen) atoms. The van der Waals surface area contributed by atoms with Gasteiger partial charge in [0.25, 0.3) is 0 Å². The molecular formula is C21H28F2N4. The predicted molar refractivity (Wildman–Crippen MR) is 103 cm³/mol. The fourth-order valence-corrected chi connectivity index (χ4v) is 3.64. The molecule has 1 saturated heterocycles. The van der Waals surface area contributed by atoms with E-state index >= 15 is 0 Å². The molecule has 4 nitrogen and oxygen atoms in total. The van der Waals surface area contributed by atoms with Gasteiger partial charge in [-0.15, -0.1) is 0 Å². The number of likely N-dealkylation sites (tertiary alicyclic amines) is 1. The number of aromatic nitrogens is 2. The molecule has 0 aliphatic carbocycles. The fourth-order valence-electron chi connectivity index (χ4n) is 3.64. The second kappa shape index (κ2) is 9.22. The predicted octanol–water partition coefficient (Wildman–Crippen LogP) is 4.42. The number of aryl methyl sites for hydroxylation is 1. The van der Waals surface area contributed by atoms with Gasteiger partial charge in [0.05, 0.1) is 0 Å². The van der Waals surface area contributed by atoms with Gasteiger partial charge in [-0.05, 0) is 63.6 Å². The monoisotopic (exact) mass is 374 g/mol. The third-order valence-electron chi connectivity index (χ3n) is 4.97. The molecule has 0 amide bonds. The molecule has 1 N–H and O–H groups in total. The van der Waals surface area contributed by atoms with Crippen LogP contribution in [0.3, 0.4) is 0 Å². The van der Waals surface area contributed by atoms with Gasteiger partial charge in [-0.3, -0.25) is 4.90 Å². The summed E-state index contributed by atoms with van der Waals surface area (Å²) in [6.45, 7) is 7.01. The van der Waals surface area contributed by atoms with Crippen molar-refractivity contribution in [1.82, 2.24) is 14.9 Å². The molecule has 1 aliphatic heterocycles. The van der Waals surface area contributed by atoms with Crippen molar-refractivity contribution < 1.29 is 8.78 Å². The molecule has 2 heterocycles. The third-order valence-corrected chi connectivity index (χ3v) is 4.97. The lowest BCUT2D eigenvalue weighted by Crippen LogP contribution is -2.35. The Bertz CT molecular complexity index is 733. The highest BCUT2D eigenvalue weighted by Gasteiger charge is 2.20. The molecule has 2 aromatic rings. The van der Waals surface area contributed by atoms with Crippen molar-refractivity contribution in [3.8, 4) is 0 Å². The summed E-state index contributed by atoms with van der Waals surface area (Å²) in [7, 11) is 0. The van der Waals surface area contributed by atoms with Crippen LogP contribution in [0.15, 0.2) is 30.6 Å². The van der Waals surface area contributed by atoms with Crippen molar-refractivity contribution in [2.75, 3.05) is 18.4 Å². The maximum atomic E-state index is 13.8. The van der Waals surface area contributed by atoms with Gasteiger partial charge in [0.1, 0.15) is 11.6 Å². The zero-order valence-electron chi connectivity index (χ0n) is 16.1. The smallest absolute Gasteiger partial charge is 0.222 e. The molecule has 1 atom stereocenters. The lowest BCUT2D eigenvalue weighted by Gasteiger charge is -2.32. The van der Waals surface area contributed by atoms with Crippen LogP contribution < -0.4 is 5.32 Å². The van der Waals surface area contributed by atoms with Crippen LogP contribution in [0.25, 0.3) is 0 Å². The molecule has 0 unspecified atom stereocenters. The highest BCUT2D eigenvalue weighted by atomic mass is 19.1. The van der Waals surface area contributed by atoms with E-state index in [1.165, 1.54) is 6.07 Å². The molecule has 6 heteroatoms. The first kappa shape index (κ1) is 19.7. The fraction of sp³-hybridized carbons (Fsp3) is 0.524. The summed E-state index contributed by atoms with van der Waals surface area (Å²) in [5.74, 6) is 0.240. The summed E-state index contributed by atoms with van der Waals surface area (Å²) >= 11 is 0. The number of halogens is 2. The highest BCUT2D eigenvalue weighted by molar-refractivity contribution is 5.25. The van der Waals surface area contributed by atoms with E-state index in [0.717, 1.165) is 50.5 Å². The van der Waals surface area contributed by atoms with Gasteiger partial charge in [-0.25, -0.2) is 18.7 Å². The van der Waals surface area contributed by atoms with Crippen LogP contribution in [0.5, 0.6) is 0 Å².